The summed E-state index contributed by atoms with van der Waals surface area (Å²) in [5, 5.41) is 0. The van der Waals surface area contributed by atoms with Crippen LogP contribution in [0.5, 0.6) is 0 Å². The highest BCUT2D eigenvalue weighted by Gasteiger charge is 2.16. The molecule has 0 nitrogen and oxygen atoms in total. The zero-order valence-corrected chi connectivity index (χ0v) is 8.62. The van der Waals surface area contributed by atoms with E-state index in [9.17, 15) is 0 Å². The molecule has 0 aromatic carbocycles. The number of hydrogen-bond acceptors (Lipinski definition) is 0. The molecule has 0 aliphatic heterocycles. The van der Waals surface area contributed by atoms with E-state index in [4.69, 9.17) is 0 Å². The van der Waals surface area contributed by atoms with Gasteiger partial charge in [-0.05, 0) is 12.3 Å². The van der Waals surface area contributed by atoms with Gasteiger partial charge in [0.25, 0.3) is 0 Å². The maximum Gasteiger partial charge on any atom is 0.0700 e. The van der Waals surface area contributed by atoms with Gasteiger partial charge in [0, 0.05) is 0 Å². The molecule has 1 aliphatic carbocycles. The van der Waals surface area contributed by atoms with Gasteiger partial charge in [0.15, 0.2) is 0 Å². The Kier molecular flexibility index (Phi) is 3.55. The van der Waals surface area contributed by atoms with Crippen LogP contribution in [-0.4, -0.2) is 3.74 Å². The van der Waals surface area contributed by atoms with E-state index in [0.29, 0.717) is 3.74 Å². The summed E-state index contributed by atoms with van der Waals surface area (Å²) in [6.45, 7) is 0. The molecule has 9 heavy (non-hydrogen) atoms. The van der Waals surface area contributed by atoms with Gasteiger partial charge in [-0.2, -0.15) is 0 Å². The van der Waals surface area contributed by atoms with Crippen molar-refractivity contribution in [3.05, 3.63) is 0 Å². The molecule has 0 spiro atoms. The molecule has 1 saturated carbocycles. The number of halogens is 2. The Balaban J connectivity index is 2.11. The van der Waals surface area contributed by atoms with Crippen LogP contribution < -0.4 is 0 Å². The van der Waals surface area contributed by atoms with Crippen LogP contribution in [0.3, 0.4) is 0 Å². The van der Waals surface area contributed by atoms with Gasteiger partial charge in [-0.15, -0.1) is 0 Å². The minimum Gasteiger partial charge on any atom is -0.0765 e. The predicted molar refractivity (Wildman–Crippen MR) is 48.2 cm³/mol. The molecule has 54 valence electrons. The van der Waals surface area contributed by atoms with Gasteiger partial charge in [-0.1, -0.05) is 57.5 Å². The minimum absolute atomic E-state index is 0.549. The van der Waals surface area contributed by atoms with E-state index in [1.54, 1.807) is 0 Å². The van der Waals surface area contributed by atoms with Crippen LogP contribution in [0.4, 0.5) is 0 Å². The lowest BCUT2D eigenvalue weighted by atomic mass is 10.1. The summed E-state index contributed by atoms with van der Waals surface area (Å²) in [5.41, 5.74) is 0. The van der Waals surface area contributed by atoms with Crippen molar-refractivity contribution in [3.8, 4) is 0 Å². The molecular formula is C7H12Br2. The van der Waals surface area contributed by atoms with Crippen molar-refractivity contribution in [2.75, 3.05) is 0 Å². The first kappa shape index (κ1) is 8.06. The first-order chi connectivity index (χ1) is 4.29. The van der Waals surface area contributed by atoms with Crippen LogP contribution in [0.1, 0.15) is 32.1 Å². The molecule has 2 heteroatoms. The summed E-state index contributed by atoms with van der Waals surface area (Å²) < 4.78 is 0.549. The van der Waals surface area contributed by atoms with Crippen molar-refractivity contribution in [2.45, 2.75) is 35.8 Å². The van der Waals surface area contributed by atoms with E-state index in [0.717, 1.165) is 5.92 Å². The van der Waals surface area contributed by atoms with Crippen molar-refractivity contribution in [1.29, 1.82) is 0 Å². The Morgan fingerprint density at radius 3 is 2.22 bits per heavy atom. The highest BCUT2D eigenvalue weighted by Crippen LogP contribution is 2.31. The largest absolute Gasteiger partial charge is 0.0765 e. The SMILES string of the molecule is BrC(Br)CC1CCCC1. The van der Waals surface area contributed by atoms with E-state index in [-0.39, 0.29) is 0 Å². The molecular weight excluding hydrogens is 244 g/mol. The van der Waals surface area contributed by atoms with Crippen LogP contribution in [0.15, 0.2) is 0 Å². The Bertz CT molecular complexity index is 75.0. The lowest BCUT2D eigenvalue weighted by molar-refractivity contribution is 0.530. The first-order valence-corrected chi connectivity index (χ1v) is 5.40. The van der Waals surface area contributed by atoms with Crippen LogP contribution in [0, 0.1) is 5.92 Å². The molecule has 0 aromatic heterocycles. The van der Waals surface area contributed by atoms with Gasteiger partial charge >= 0.3 is 0 Å². The normalized spacial score (nSPS) is 21.7. The van der Waals surface area contributed by atoms with Gasteiger partial charge in [0.05, 0.1) is 3.74 Å². The van der Waals surface area contributed by atoms with Crippen molar-refractivity contribution in [3.63, 3.8) is 0 Å². The van der Waals surface area contributed by atoms with Crippen LogP contribution in [-0.2, 0) is 0 Å². The summed E-state index contributed by atoms with van der Waals surface area (Å²) in [5.74, 6) is 0.994. The molecule has 0 aromatic rings. The van der Waals surface area contributed by atoms with Crippen molar-refractivity contribution in [2.24, 2.45) is 5.92 Å². The quantitative estimate of drug-likeness (QED) is 0.661. The molecule has 0 bridgehead atoms. The molecule has 0 saturated heterocycles. The molecule has 0 heterocycles. The summed E-state index contributed by atoms with van der Waals surface area (Å²) in [4.78, 5) is 0. The van der Waals surface area contributed by atoms with Gasteiger partial charge in [0.1, 0.15) is 0 Å². The fourth-order valence-corrected chi connectivity index (χ4v) is 2.56. The van der Waals surface area contributed by atoms with Crippen LogP contribution in [0.2, 0.25) is 0 Å². The maximum absolute atomic E-state index is 3.50. The lowest BCUT2D eigenvalue weighted by Crippen LogP contribution is -1.97. The van der Waals surface area contributed by atoms with E-state index in [2.05, 4.69) is 31.9 Å². The Labute approximate surface area is 73.7 Å². The van der Waals surface area contributed by atoms with E-state index < -0.39 is 0 Å². The standard InChI is InChI=1S/C7H12Br2/c8-7(9)5-6-3-1-2-4-6/h6-7H,1-5H2. The van der Waals surface area contributed by atoms with E-state index >= 15 is 0 Å². The summed E-state index contributed by atoms with van der Waals surface area (Å²) >= 11 is 7.00. The average molecular weight is 256 g/mol. The third-order valence-corrected chi connectivity index (χ3v) is 2.73. The zero-order chi connectivity index (χ0) is 6.69. The molecule has 0 amide bonds. The molecule has 0 radical (unpaired) electrons. The van der Waals surface area contributed by atoms with Crippen molar-refractivity contribution in [1.82, 2.24) is 0 Å². The maximum atomic E-state index is 3.50. The number of rotatable bonds is 2. The monoisotopic (exact) mass is 254 g/mol. The van der Waals surface area contributed by atoms with E-state index in [1.807, 2.05) is 0 Å². The second-order valence-corrected chi connectivity index (χ2v) is 6.22. The number of alkyl halides is 2. The van der Waals surface area contributed by atoms with Crippen molar-refractivity contribution >= 4 is 31.9 Å². The van der Waals surface area contributed by atoms with Gasteiger partial charge in [-0.3, -0.25) is 0 Å². The van der Waals surface area contributed by atoms with Gasteiger partial charge < -0.3 is 0 Å². The first-order valence-electron chi connectivity index (χ1n) is 3.57. The molecule has 0 N–H and O–H groups in total. The van der Waals surface area contributed by atoms with Gasteiger partial charge in [0.2, 0.25) is 0 Å². The molecule has 1 rings (SSSR count). The number of hydrogen-bond donors (Lipinski definition) is 0. The Morgan fingerprint density at radius 1 is 1.22 bits per heavy atom. The topological polar surface area (TPSA) is 0 Å². The lowest BCUT2D eigenvalue weighted by Gasteiger charge is -2.07. The molecule has 1 fully saturated rings. The average Bonchev–Trinajstić information content (AvgIpc) is 2.15. The van der Waals surface area contributed by atoms with Crippen molar-refractivity contribution < 1.29 is 0 Å². The second kappa shape index (κ2) is 3.97. The van der Waals surface area contributed by atoms with Crippen LogP contribution >= 0.6 is 31.9 Å². The molecule has 0 unspecified atom stereocenters. The Hall–Kier alpha value is 0.960. The Morgan fingerprint density at radius 2 is 1.78 bits per heavy atom. The molecule has 1 aliphatic rings. The zero-order valence-electron chi connectivity index (χ0n) is 5.45. The fourth-order valence-electron chi connectivity index (χ4n) is 1.50. The third kappa shape index (κ3) is 3.03. The highest BCUT2D eigenvalue weighted by molar-refractivity contribution is 9.24. The van der Waals surface area contributed by atoms with E-state index in [1.165, 1.54) is 32.1 Å². The third-order valence-electron chi connectivity index (χ3n) is 1.99. The summed E-state index contributed by atoms with van der Waals surface area (Å²) in [7, 11) is 0. The fraction of sp³-hybridized carbons (Fsp3) is 1.00. The highest BCUT2D eigenvalue weighted by atomic mass is 79.9. The predicted octanol–water partition coefficient (Wildman–Crippen LogP) is 3.68. The van der Waals surface area contributed by atoms with Crippen LogP contribution in [0.25, 0.3) is 0 Å². The summed E-state index contributed by atoms with van der Waals surface area (Å²) in [6, 6.07) is 0. The minimum atomic E-state index is 0.549. The van der Waals surface area contributed by atoms with Gasteiger partial charge in [-0.25, -0.2) is 0 Å². The molecule has 0 atom stereocenters. The second-order valence-electron chi connectivity index (χ2n) is 2.78. The summed E-state index contributed by atoms with van der Waals surface area (Å²) in [6.07, 6.45) is 7.12. The smallest absolute Gasteiger partial charge is 0.0700 e.